The molecule has 0 spiro atoms. The van der Waals surface area contributed by atoms with Crippen molar-refractivity contribution in [3.63, 3.8) is 0 Å². The first-order valence-electron chi connectivity index (χ1n) is 6.20. The van der Waals surface area contributed by atoms with Crippen LogP contribution in [0.1, 0.15) is 18.9 Å². The molecule has 0 aliphatic rings. The molecule has 3 atom stereocenters. The molecule has 1 rings (SSSR count). The average Bonchev–Trinajstić information content (AvgIpc) is 2.43. The molecule has 3 N–H and O–H groups in total. The van der Waals surface area contributed by atoms with E-state index in [1.54, 1.807) is 6.07 Å². The predicted molar refractivity (Wildman–Crippen MR) is 71.2 cm³/mol. The van der Waals surface area contributed by atoms with Gasteiger partial charge < -0.3 is 20.1 Å². The number of nitrogens with zero attached hydrogens (tertiary/aromatic N) is 1. The van der Waals surface area contributed by atoms with Gasteiger partial charge in [0, 0.05) is 12.5 Å². The standard InChI is InChI=1S/C13H17NO7/c1-8(15)6-11(16)12(17)13(18)21-7-9-4-2-3-5-10(9)14(19)20/h2-5,11-13,16-18H,6-7H2,1H3. The van der Waals surface area contributed by atoms with Gasteiger partial charge in [-0.1, -0.05) is 12.1 Å². The Hall–Kier alpha value is -1.87. The van der Waals surface area contributed by atoms with Crippen LogP contribution < -0.4 is 0 Å². The molecule has 0 radical (unpaired) electrons. The zero-order valence-corrected chi connectivity index (χ0v) is 11.4. The lowest BCUT2D eigenvalue weighted by atomic mass is 10.1. The lowest BCUT2D eigenvalue weighted by Crippen LogP contribution is -2.39. The lowest BCUT2D eigenvalue weighted by Gasteiger charge is -2.22. The smallest absolute Gasteiger partial charge is 0.274 e. The number of para-hydroxylation sites is 1. The molecule has 0 saturated carbocycles. The normalized spacial score (nSPS) is 15.2. The molecule has 8 heteroatoms. The first-order valence-corrected chi connectivity index (χ1v) is 6.20. The van der Waals surface area contributed by atoms with Crippen LogP contribution in [0, 0.1) is 10.1 Å². The molecule has 0 aliphatic carbocycles. The molecule has 21 heavy (non-hydrogen) atoms. The Labute approximate surface area is 120 Å². The van der Waals surface area contributed by atoms with Crippen LogP contribution >= 0.6 is 0 Å². The Balaban J connectivity index is 2.62. The fourth-order valence-electron chi connectivity index (χ4n) is 1.69. The van der Waals surface area contributed by atoms with Crippen LogP contribution in [0.4, 0.5) is 5.69 Å². The van der Waals surface area contributed by atoms with E-state index in [-0.39, 0.29) is 30.1 Å². The van der Waals surface area contributed by atoms with Gasteiger partial charge in [-0.3, -0.25) is 14.9 Å². The number of benzene rings is 1. The molecule has 1 aromatic carbocycles. The summed E-state index contributed by atoms with van der Waals surface area (Å²) in [6.45, 7) is 0.915. The highest BCUT2D eigenvalue weighted by molar-refractivity contribution is 5.76. The van der Waals surface area contributed by atoms with Crippen molar-refractivity contribution in [2.75, 3.05) is 0 Å². The quantitative estimate of drug-likeness (QED) is 0.353. The second-order valence-electron chi connectivity index (χ2n) is 4.55. The van der Waals surface area contributed by atoms with Crippen LogP contribution in [-0.2, 0) is 16.1 Å². The maximum atomic E-state index is 10.8. The maximum absolute atomic E-state index is 10.8. The summed E-state index contributed by atoms with van der Waals surface area (Å²) >= 11 is 0. The number of Topliss-reactive ketones (excluding diaryl/α,β-unsaturated/α-hetero) is 1. The number of carbonyl (C=O) groups excluding carboxylic acids is 1. The number of ether oxygens (including phenoxy) is 1. The minimum atomic E-state index is -1.76. The fourth-order valence-corrected chi connectivity index (χ4v) is 1.69. The first kappa shape index (κ1) is 17.2. The van der Waals surface area contributed by atoms with Crippen LogP contribution in [0.2, 0.25) is 0 Å². The summed E-state index contributed by atoms with van der Waals surface area (Å²) in [6.07, 6.45) is -5.24. The molecule has 1 aromatic rings. The molecule has 0 heterocycles. The number of carbonyl (C=O) groups is 1. The van der Waals surface area contributed by atoms with Crippen molar-refractivity contribution in [2.45, 2.75) is 38.4 Å². The average molecular weight is 299 g/mol. The minimum absolute atomic E-state index is 0.177. The summed E-state index contributed by atoms with van der Waals surface area (Å²) in [7, 11) is 0. The molecule has 0 saturated heterocycles. The number of ketones is 1. The SMILES string of the molecule is CC(=O)CC(O)C(O)C(O)OCc1ccccc1[N+](=O)[O-]. The highest BCUT2D eigenvalue weighted by atomic mass is 16.6. The summed E-state index contributed by atoms with van der Waals surface area (Å²) in [5.74, 6) is -0.354. The van der Waals surface area contributed by atoms with E-state index in [2.05, 4.69) is 0 Å². The molecular weight excluding hydrogens is 282 g/mol. The van der Waals surface area contributed by atoms with Crippen LogP contribution in [0.25, 0.3) is 0 Å². The molecule has 0 fully saturated rings. The Morgan fingerprint density at radius 2 is 1.95 bits per heavy atom. The van der Waals surface area contributed by atoms with Gasteiger partial charge in [0.2, 0.25) is 0 Å². The van der Waals surface area contributed by atoms with Crippen LogP contribution in [0.3, 0.4) is 0 Å². The monoisotopic (exact) mass is 299 g/mol. The summed E-state index contributed by atoms with van der Waals surface area (Å²) in [5, 5.41) is 39.4. The van der Waals surface area contributed by atoms with E-state index in [1.165, 1.54) is 25.1 Å². The molecule has 8 nitrogen and oxygen atoms in total. The van der Waals surface area contributed by atoms with Gasteiger partial charge in [0.25, 0.3) is 5.69 Å². The Kier molecular flexibility index (Phi) is 6.38. The summed E-state index contributed by atoms with van der Waals surface area (Å²) in [4.78, 5) is 21.0. The molecular formula is C13H17NO7. The number of nitro groups is 1. The number of nitro benzene ring substituents is 1. The second-order valence-corrected chi connectivity index (χ2v) is 4.55. The van der Waals surface area contributed by atoms with Crippen molar-refractivity contribution >= 4 is 11.5 Å². The van der Waals surface area contributed by atoms with E-state index in [9.17, 15) is 30.2 Å². The summed E-state index contributed by atoms with van der Waals surface area (Å²) < 4.78 is 4.91. The maximum Gasteiger partial charge on any atom is 0.274 e. The van der Waals surface area contributed by atoms with Crippen molar-refractivity contribution < 1.29 is 29.8 Å². The van der Waals surface area contributed by atoms with Gasteiger partial charge >= 0.3 is 0 Å². The van der Waals surface area contributed by atoms with Gasteiger partial charge in [-0.25, -0.2) is 0 Å². The third kappa shape index (κ3) is 5.20. The Bertz CT molecular complexity index is 505. The molecule has 0 aliphatic heterocycles. The van der Waals surface area contributed by atoms with Gasteiger partial charge in [0.15, 0.2) is 6.29 Å². The van der Waals surface area contributed by atoms with Crippen molar-refractivity contribution in [1.29, 1.82) is 0 Å². The van der Waals surface area contributed by atoms with E-state index in [0.29, 0.717) is 0 Å². The number of aliphatic hydroxyl groups is 3. The van der Waals surface area contributed by atoms with E-state index < -0.39 is 23.4 Å². The van der Waals surface area contributed by atoms with Gasteiger partial charge in [-0.15, -0.1) is 0 Å². The van der Waals surface area contributed by atoms with Crippen molar-refractivity contribution in [3.05, 3.63) is 39.9 Å². The largest absolute Gasteiger partial charge is 0.390 e. The zero-order chi connectivity index (χ0) is 16.0. The highest BCUT2D eigenvalue weighted by Gasteiger charge is 2.27. The first-order chi connectivity index (χ1) is 9.82. The Morgan fingerprint density at radius 1 is 1.33 bits per heavy atom. The van der Waals surface area contributed by atoms with Crippen LogP contribution in [-0.4, -0.2) is 44.5 Å². The van der Waals surface area contributed by atoms with Gasteiger partial charge in [0.1, 0.15) is 11.9 Å². The predicted octanol–water partition coefficient (Wildman–Crippen LogP) is 0.131. The van der Waals surface area contributed by atoms with Gasteiger partial charge in [0.05, 0.1) is 23.2 Å². The van der Waals surface area contributed by atoms with Crippen molar-refractivity contribution in [2.24, 2.45) is 0 Å². The van der Waals surface area contributed by atoms with Crippen LogP contribution in [0.5, 0.6) is 0 Å². The third-order valence-corrected chi connectivity index (χ3v) is 2.78. The van der Waals surface area contributed by atoms with Gasteiger partial charge in [-0.05, 0) is 13.0 Å². The van der Waals surface area contributed by atoms with E-state index in [1.807, 2.05) is 0 Å². The van der Waals surface area contributed by atoms with Crippen LogP contribution in [0.15, 0.2) is 24.3 Å². The number of hydrogen-bond acceptors (Lipinski definition) is 7. The number of hydrogen-bond donors (Lipinski definition) is 3. The number of rotatable bonds is 8. The lowest BCUT2D eigenvalue weighted by molar-refractivity contribution is -0.386. The number of aliphatic hydroxyl groups excluding tert-OH is 3. The van der Waals surface area contributed by atoms with E-state index in [4.69, 9.17) is 4.74 Å². The van der Waals surface area contributed by atoms with Gasteiger partial charge in [-0.2, -0.15) is 0 Å². The zero-order valence-electron chi connectivity index (χ0n) is 11.4. The molecule has 0 amide bonds. The summed E-state index contributed by atoms with van der Waals surface area (Å²) in [5.41, 5.74) is 0.0401. The topological polar surface area (TPSA) is 130 Å². The highest BCUT2D eigenvalue weighted by Crippen LogP contribution is 2.19. The second kappa shape index (κ2) is 7.79. The molecule has 0 aromatic heterocycles. The molecule has 116 valence electrons. The summed E-state index contributed by atoms with van der Waals surface area (Å²) in [6, 6.07) is 5.79. The van der Waals surface area contributed by atoms with Crippen molar-refractivity contribution in [3.8, 4) is 0 Å². The van der Waals surface area contributed by atoms with E-state index >= 15 is 0 Å². The Morgan fingerprint density at radius 3 is 2.52 bits per heavy atom. The fraction of sp³-hybridized carbons (Fsp3) is 0.462. The van der Waals surface area contributed by atoms with E-state index in [0.717, 1.165) is 0 Å². The van der Waals surface area contributed by atoms with Crippen molar-refractivity contribution in [1.82, 2.24) is 0 Å². The molecule has 3 unspecified atom stereocenters. The minimum Gasteiger partial charge on any atom is -0.390 e. The molecule has 0 bridgehead atoms. The third-order valence-electron chi connectivity index (χ3n) is 2.78.